The Morgan fingerprint density at radius 1 is 1.38 bits per heavy atom. The molecule has 0 amide bonds. The first-order valence-electron chi connectivity index (χ1n) is 7.68. The van der Waals surface area contributed by atoms with Crippen molar-refractivity contribution < 1.29 is 9.53 Å². The smallest absolute Gasteiger partial charge is 0.349 e. The lowest BCUT2D eigenvalue weighted by Gasteiger charge is -2.06. The molecule has 0 N–H and O–H groups in total. The predicted molar refractivity (Wildman–Crippen MR) is 101 cm³/mol. The molecule has 0 spiro atoms. The zero-order valence-electron chi connectivity index (χ0n) is 13.8. The summed E-state index contributed by atoms with van der Waals surface area (Å²) in [5, 5.41) is 10.7. The molecule has 3 nitrogen and oxygen atoms in total. The second kappa shape index (κ2) is 8.57. The molecule has 0 aliphatic heterocycles. The van der Waals surface area contributed by atoms with Crippen LogP contribution in [0.1, 0.15) is 42.4 Å². The fraction of sp³-hybridized carbons (Fsp3) is 0.333. The number of ether oxygens (including phenoxy) is 1. The topological polar surface area (TPSA) is 50.1 Å². The summed E-state index contributed by atoms with van der Waals surface area (Å²) in [6.45, 7) is 6.28. The highest BCUT2D eigenvalue weighted by Gasteiger charge is 2.26. The Hall–Kier alpha value is -1.48. The van der Waals surface area contributed by atoms with Gasteiger partial charge in [0.25, 0.3) is 0 Å². The maximum atomic E-state index is 12.4. The fourth-order valence-electron chi connectivity index (χ4n) is 2.09. The Balaban J connectivity index is 2.62. The standard InChI is InChI=1S/C18H18ClNO2S2/c1-4-11(3)23-18-14(10-20)15(12-6-8-13(19)9-7-12)16(24-18)17(21)22-5-2/h6-9,11H,4-5H2,1-3H3/t11-/m1/s1. The van der Waals surface area contributed by atoms with Crippen LogP contribution in [0.25, 0.3) is 11.1 Å². The molecule has 0 aliphatic rings. The highest BCUT2D eigenvalue weighted by atomic mass is 35.5. The molecule has 0 saturated carbocycles. The third kappa shape index (κ3) is 4.13. The molecule has 0 radical (unpaired) electrons. The van der Waals surface area contributed by atoms with Crippen LogP contribution >= 0.6 is 34.7 Å². The van der Waals surface area contributed by atoms with Gasteiger partial charge in [-0.05, 0) is 31.0 Å². The number of hydrogen-bond donors (Lipinski definition) is 0. The zero-order valence-corrected chi connectivity index (χ0v) is 16.1. The number of carbonyl (C=O) groups is 1. The predicted octanol–water partition coefficient (Wildman–Crippen LogP) is 6.01. The van der Waals surface area contributed by atoms with Crippen molar-refractivity contribution in [2.75, 3.05) is 6.61 Å². The highest BCUT2D eigenvalue weighted by Crippen LogP contribution is 2.43. The van der Waals surface area contributed by atoms with Gasteiger partial charge in [0.05, 0.1) is 16.4 Å². The second-order valence-electron chi connectivity index (χ2n) is 5.14. The minimum atomic E-state index is -0.389. The van der Waals surface area contributed by atoms with E-state index < -0.39 is 0 Å². The number of benzene rings is 1. The average molecular weight is 380 g/mol. The molecule has 0 saturated heterocycles. The number of hydrogen-bond acceptors (Lipinski definition) is 5. The van der Waals surface area contributed by atoms with E-state index in [9.17, 15) is 10.1 Å². The molecule has 2 aromatic rings. The molecule has 1 atom stereocenters. The Labute approximate surface area is 155 Å². The minimum Gasteiger partial charge on any atom is -0.462 e. The molecular formula is C18H18ClNO2S2. The van der Waals surface area contributed by atoms with Crippen molar-refractivity contribution in [1.29, 1.82) is 5.26 Å². The highest BCUT2D eigenvalue weighted by molar-refractivity contribution is 8.01. The molecule has 0 unspecified atom stereocenters. The normalized spacial score (nSPS) is 11.8. The first kappa shape index (κ1) is 18.9. The van der Waals surface area contributed by atoms with Gasteiger partial charge < -0.3 is 4.74 Å². The van der Waals surface area contributed by atoms with E-state index in [-0.39, 0.29) is 5.97 Å². The van der Waals surface area contributed by atoms with Crippen molar-refractivity contribution >= 4 is 40.7 Å². The molecular weight excluding hydrogens is 362 g/mol. The lowest BCUT2D eigenvalue weighted by atomic mass is 10.0. The third-order valence-electron chi connectivity index (χ3n) is 3.46. The van der Waals surface area contributed by atoms with Crippen molar-refractivity contribution in [2.45, 2.75) is 36.7 Å². The Morgan fingerprint density at radius 3 is 2.58 bits per heavy atom. The van der Waals surface area contributed by atoms with Gasteiger partial charge in [0.2, 0.25) is 0 Å². The summed E-state index contributed by atoms with van der Waals surface area (Å²) in [6.07, 6.45) is 0.985. The minimum absolute atomic E-state index is 0.298. The number of thioether (sulfide) groups is 1. The first-order chi connectivity index (χ1) is 11.5. The largest absolute Gasteiger partial charge is 0.462 e. The Morgan fingerprint density at radius 2 is 2.04 bits per heavy atom. The number of thiophene rings is 1. The van der Waals surface area contributed by atoms with E-state index in [0.717, 1.165) is 16.2 Å². The van der Waals surface area contributed by atoms with E-state index in [1.54, 1.807) is 30.8 Å². The van der Waals surface area contributed by atoms with Gasteiger partial charge in [-0.2, -0.15) is 5.26 Å². The van der Waals surface area contributed by atoms with Gasteiger partial charge in [-0.15, -0.1) is 23.1 Å². The van der Waals surface area contributed by atoms with E-state index in [2.05, 4.69) is 19.9 Å². The van der Waals surface area contributed by atoms with Gasteiger partial charge in [-0.3, -0.25) is 0 Å². The van der Waals surface area contributed by atoms with Gasteiger partial charge >= 0.3 is 5.97 Å². The fourth-order valence-corrected chi connectivity index (χ4v) is 4.85. The summed E-state index contributed by atoms with van der Waals surface area (Å²) >= 11 is 8.92. The van der Waals surface area contributed by atoms with Gasteiger partial charge in [-0.1, -0.05) is 37.6 Å². The zero-order chi connectivity index (χ0) is 17.7. The molecule has 6 heteroatoms. The molecule has 2 rings (SSSR count). The lowest BCUT2D eigenvalue weighted by Crippen LogP contribution is -2.04. The number of nitriles is 1. The van der Waals surface area contributed by atoms with Crippen LogP contribution < -0.4 is 0 Å². The summed E-state index contributed by atoms with van der Waals surface area (Å²) < 4.78 is 6.05. The molecule has 1 heterocycles. The molecule has 1 aromatic carbocycles. The van der Waals surface area contributed by atoms with Crippen molar-refractivity contribution in [3.05, 3.63) is 39.7 Å². The quantitative estimate of drug-likeness (QED) is 0.455. The average Bonchev–Trinajstić information content (AvgIpc) is 2.94. The van der Waals surface area contributed by atoms with Gasteiger partial charge in [0.15, 0.2) is 0 Å². The van der Waals surface area contributed by atoms with E-state index in [1.165, 1.54) is 11.3 Å². The van der Waals surface area contributed by atoms with Crippen LogP contribution in [0.2, 0.25) is 5.02 Å². The van der Waals surface area contributed by atoms with Crippen LogP contribution in [0.15, 0.2) is 28.5 Å². The lowest BCUT2D eigenvalue weighted by molar-refractivity contribution is 0.0533. The van der Waals surface area contributed by atoms with Crippen LogP contribution in [0.5, 0.6) is 0 Å². The maximum absolute atomic E-state index is 12.4. The maximum Gasteiger partial charge on any atom is 0.349 e. The summed E-state index contributed by atoms with van der Waals surface area (Å²) in [7, 11) is 0. The van der Waals surface area contributed by atoms with E-state index in [1.807, 2.05) is 12.1 Å². The number of carbonyl (C=O) groups excluding carboxylic acids is 1. The third-order valence-corrected chi connectivity index (χ3v) is 6.37. The van der Waals surface area contributed by atoms with Crippen LogP contribution in [0.4, 0.5) is 0 Å². The van der Waals surface area contributed by atoms with E-state index in [0.29, 0.717) is 32.9 Å². The summed E-state index contributed by atoms with van der Waals surface area (Å²) in [4.78, 5) is 12.9. The van der Waals surface area contributed by atoms with Crippen molar-refractivity contribution in [1.82, 2.24) is 0 Å². The van der Waals surface area contributed by atoms with Crippen molar-refractivity contribution in [3.8, 4) is 17.2 Å². The molecule has 0 bridgehead atoms. The van der Waals surface area contributed by atoms with Gasteiger partial charge in [-0.25, -0.2) is 4.79 Å². The molecule has 24 heavy (non-hydrogen) atoms. The number of nitrogens with zero attached hydrogens (tertiary/aromatic N) is 1. The SMILES string of the molecule is CCOC(=O)c1sc(S[C@H](C)CC)c(C#N)c1-c1ccc(Cl)cc1. The molecule has 0 fully saturated rings. The number of esters is 1. The molecule has 0 aliphatic carbocycles. The Kier molecular flexibility index (Phi) is 6.73. The Bertz CT molecular complexity index is 763. The van der Waals surface area contributed by atoms with Crippen LogP contribution in [-0.4, -0.2) is 17.8 Å². The van der Waals surface area contributed by atoms with E-state index in [4.69, 9.17) is 16.3 Å². The van der Waals surface area contributed by atoms with Crippen molar-refractivity contribution in [3.63, 3.8) is 0 Å². The van der Waals surface area contributed by atoms with Gasteiger partial charge in [0.1, 0.15) is 10.9 Å². The summed E-state index contributed by atoms with van der Waals surface area (Å²) in [5.74, 6) is -0.389. The molecule has 1 aromatic heterocycles. The summed E-state index contributed by atoms with van der Waals surface area (Å²) in [6, 6.07) is 9.44. The van der Waals surface area contributed by atoms with Crippen LogP contribution in [0, 0.1) is 11.3 Å². The summed E-state index contributed by atoms with van der Waals surface area (Å²) in [5.41, 5.74) is 1.98. The van der Waals surface area contributed by atoms with Crippen LogP contribution in [-0.2, 0) is 4.74 Å². The van der Waals surface area contributed by atoms with E-state index >= 15 is 0 Å². The number of rotatable bonds is 6. The molecule has 126 valence electrons. The number of halogens is 1. The van der Waals surface area contributed by atoms with Gasteiger partial charge in [0, 0.05) is 15.8 Å². The van der Waals surface area contributed by atoms with Crippen molar-refractivity contribution in [2.24, 2.45) is 0 Å². The monoisotopic (exact) mass is 379 g/mol. The first-order valence-corrected chi connectivity index (χ1v) is 9.75. The second-order valence-corrected chi connectivity index (χ2v) is 8.31. The van der Waals surface area contributed by atoms with Crippen LogP contribution in [0.3, 0.4) is 0 Å².